The first-order chi connectivity index (χ1) is 51.6. The number of imidazole rings is 2. The van der Waals surface area contributed by atoms with Crippen molar-refractivity contribution in [2.75, 3.05) is 61.0 Å². The highest BCUT2D eigenvalue weighted by Crippen LogP contribution is 2.45. The van der Waals surface area contributed by atoms with Gasteiger partial charge in [0, 0.05) is 70.6 Å². The maximum absolute atomic E-state index is 13.4. The number of nitrogens with two attached hydrogens (primary N) is 1. The van der Waals surface area contributed by atoms with E-state index in [0.717, 1.165) is 50.2 Å². The first-order valence-corrected chi connectivity index (χ1v) is 35.5. The van der Waals surface area contributed by atoms with E-state index in [9.17, 15) is 39.2 Å². The molecule has 0 radical (unpaired) electrons. The van der Waals surface area contributed by atoms with Crippen molar-refractivity contribution < 1.29 is 82.6 Å². The Morgan fingerprint density at radius 1 is 0.556 bits per heavy atom. The Kier molecular flexibility index (Phi) is 25.7. The number of fused-ring (bicyclic) bond motifs is 3. The van der Waals surface area contributed by atoms with Gasteiger partial charge in [-0.3, -0.25) is 18.8 Å². The molecule has 6 heterocycles. The minimum Gasteiger partial charge on any atom is -0.493 e. The molecule has 6 aromatic carbocycles. The van der Waals surface area contributed by atoms with E-state index in [2.05, 4.69) is 0 Å². The van der Waals surface area contributed by atoms with Crippen molar-refractivity contribution in [1.82, 2.24) is 23.8 Å². The molecular weight excluding hydrogens is 1380 g/mol. The van der Waals surface area contributed by atoms with Crippen LogP contribution in [0.5, 0.6) is 40.2 Å². The van der Waals surface area contributed by atoms with E-state index < -0.39 is 28.4 Å². The van der Waals surface area contributed by atoms with E-state index in [1.807, 2.05) is 122 Å². The number of ketones is 3. The number of carbonyl (C=O) groups is 3. The lowest BCUT2D eigenvalue weighted by molar-refractivity contribution is 0.0349. The zero-order valence-electron chi connectivity index (χ0n) is 62.3. The van der Waals surface area contributed by atoms with Crippen molar-refractivity contribution in [3.05, 3.63) is 239 Å². The highest BCUT2D eigenvalue weighted by Gasteiger charge is 2.41. The minimum absolute atomic E-state index is 0.0646. The third-order valence-electron chi connectivity index (χ3n) is 18.6. The summed E-state index contributed by atoms with van der Waals surface area (Å²) in [5.74, 6) is 3.33. The van der Waals surface area contributed by atoms with Crippen molar-refractivity contribution in [3.63, 3.8) is 0 Å². The summed E-state index contributed by atoms with van der Waals surface area (Å²) in [6, 6.07) is 50.0. The Morgan fingerprint density at radius 2 is 1.01 bits per heavy atom. The van der Waals surface area contributed by atoms with Crippen LogP contribution in [0, 0.1) is 19.7 Å². The molecule has 5 aromatic heterocycles. The summed E-state index contributed by atoms with van der Waals surface area (Å²) in [5, 5.41) is 61.8. The number of aliphatic hydroxyl groups excluding tert-OH is 3. The molecule has 5 atom stereocenters. The predicted octanol–water partition coefficient (Wildman–Crippen LogP) is 13.2. The van der Waals surface area contributed by atoms with Crippen LogP contribution in [0.2, 0.25) is 0 Å². The van der Waals surface area contributed by atoms with Gasteiger partial charge in [-0.1, -0.05) is 71.8 Å². The summed E-state index contributed by atoms with van der Waals surface area (Å²) in [4.78, 5) is 53.3. The number of rotatable bonds is 30. The number of carbonyl (C=O) groups excluding carboxylic acids is 3. The average molecular weight is 1470 g/mol. The van der Waals surface area contributed by atoms with Crippen molar-refractivity contribution in [2.24, 2.45) is 5.73 Å². The quantitative estimate of drug-likeness (QED) is 0.0206. The zero-order valence-corrected chi connectivity index (χ0v) is 62.3. The highest BCUT2D eigenvalue weighted by atomic mass is 19.1. The van der Waals surface area contributed by atoms with Crippen LogP contribution in [-0.4, -0.2) is 139 Å². The fourth-order valence-corrected chi connectivity index (χ4v) is 12.5. The van der Waals surface area contributed by atoms with Gasteiger partial charge in [-0.05, 0) is 177 Å². The van der Waals surface area contributed by atoms with Gasteiger partial charge in [0.1, 0.15) is 72.1 Å². The molecule has 1 aliphatic heterocycles. The van der Waals surface area contributed by atoms with E-state index >= 15 is 0 Å². The van der Waals surface area contributed by atoms with Crippen LogP contribution in [0.15, 0.2) is 182 Å². The fourth-order valence-electron chi connectivity index (χ4n) is 12.5. The molecule has 23 heteroatoms. The Bertz CT molecular complexity index is 4750. The number of aryl methyl sites for hydroxylation is 2. The van der Waals surface area contributed by atoms with Crippen LogP contribution in [0.4, 0.5) is 4.39 Å². The largest absolute Gasteiger partial charge is 0.493 e. The Balaban J connectivity index is 0.000000173. The van der Waals surface area contributed by atoms with E-state index in [-0.39, 0.29) is 101 Å². The molecule has 0 amide bonds. The Hall–Kier alpha value is -10.9. The second-order valence-electron chi connectivity index (χ2n) is 27.6. The number of pyridine rings is 3. The third kappa shape index (κ3) is 18.9. The molecule has 11 aromatic rings. The number of nitrogens with zero attached hydrogens (tertiary/aromatic N) is 5. The lowest BCUT2D eigenvalue weighted by atomic mass is 9.87. The number of halogens is 1. The highest BCUT2D eigenvalue weighted by molar-refractivity contribution is 5.98. The number of hydrogen-bond donors (Lipinski definition) is 7. The Labute approximate surface area is 626 Å². The van der Waals surface area contributed by atoms with Gasteiger partial charge < -0.3 is 73.9 Å². The lowest BCUT2D eigenvalue weighted by Gasteiger charge is -2.26. The molecule has 5 unspecified atom stereocenters. The molecule has 108 heavy (non-hydrogen) atoms. The van der Waals surface area contributed by atoms with Gasteiger partial charge in [-0.15, -0.1) is 0 Å². The summed E-state index contributed by atoms with van der Waals surface area (Å²) in [5.41, 5.74) is 12.3. The average Bonchev–Trinajstić information content (AvgIpc) is 1.64. The van der Waals surface area contributed by atoms with Gasteiger partial charge in [-0.2, -0.15) is 0 Å². The smallest absolute Gasteiger partial charge is 0.163 e. The first-order valence-electron chi connectivity index (χ1n) is 35.5. The van der Waals surface area contributed by atoms with E-state index in [1.54, 1.807) is 105 Å². The fraction of sp³-hybridized carbons (Fsp3) is 0.318. The van der Waals surface area contributed by atoms with Crippen LogP contribution in [0.25, 0.3) is 44.9 Å². The van der Waals surface area contributed by atoms with Crippen molar-refractivity contribution in [1.29, 1.82) is 0 Å². The molecule has 0 fully saturated rings. The second-order valence-corrected chi connectivity index (χ2v) is 27.6. The van der Waals surface area contributed by atoms with Gasteiger partial charge in [-0.25, -0.2) is 19.3 Å². The first kappa shape index (κ1) is 79.7. The van der Waals surface area contributed by atoms with Gasteiger partial charge in [0.25, 0.3) is 0 Å². The number of aliphatic hydroxyl groups is 6. The number of Topliss-reactive ketones (excluding diaryl/α,β-unsaturated/α-hetero) is 3. The molecule has 566 valence electrons. The van der Waals surface area contributed by atoms with Gasteiger partial charge in [0.2, 0.25) is 0 Å². The molecule has 0 spiro atoms. The number of aromatic nitrogens is 5. The van der Waals surface area contributed by atoms with Crippen molar-refractivity contribution in [2.45, 2.75) is 115 Å². The summed E-state index contributed by atoms with van der Waals surface area (Å²) in [6.45, 7) is 12.9. The number of ether oxygens (including phenoxy) is 7. The lowest BCUT2D eigenvalue weighted by Crippen LogP contribution is -2.34. The molecule has 0 bridgehead atoms. The Morgan fingerprint density at radius 3 is 1.50 bits per heavy atom. The molecule has 0 aliphatic carbocycles. The summed E-state index contributed by atoms with van der Waals surface area (Å²) < 4.78 is 55.5. The number of methoxy groups -OCH3 is 3. The topological polar surface area (TPSA) is 311 Å². The summed E-state index contributed by atoms with van der Waals surface area (Å²) in [6.07, 6.45) is 3.81. The zero-order chi connectivity index (χ0) is 77.7. The monoisotopic (exact) mass is 1470 g/mol. The van der Waals surface area contributed by atoms with Crippen LogP contribution >= 0.6 is 0 Å². The molecule has 0 saturated heterocycles. The third-order valence-corrected chi connectivity index (χ3v) is 18.6. The second kappa shape index (κ2) is 34.8. The SMILES string of the molecule is COc1cc(C(=O)CCC(C)(O)c2nc(-c3ccc(C)cc3)cc3c2OCC3(C)N)ccc1OCC(C)O.COc1cc(C(=O)CCC(C)(O)c2nc(-c3ccc(C)cc3)n3ccccc23)ccc1OCCO.COc1cc(C(=O)CCC(C)(O)c2nc(-c3ccc(F)cc3)c3ccccn23)ccc1OCCO. The minimum atomic E-state index is -1.45. The molecule has 0 saturated carbocycles. The molecule has 22 nitrogen and oxygen atoms in total. The van der Waals surface area contributed by atoms with Crippen LogP contribution in [0.1, 0.15) is 138 Å². The van der Waals surface area contributed by atoms with Gasteiger partial charge in [0.15, 0.2) is 51.8 Å². The van der Waals surface area contributed by atoms with Crippen LogP contribution in [0.3, 0.4) is 0 Å². The molecule has 8 N–H and O–H groups in total. The molecule has 12 rings (SSSR count). The maximum Gasteiger partial charge on any atom is 0.163 e. The van der Waals surface area contributed by atoms with Gasteiger partial charge in [0.05, 0.1) is 74.3 Å². The van der Waals surface area contributed by atoms with E-state index in [1.165, 1.54) is 33.5 Å². The van der Waals surface area contributed by atoms with Crippen molar-refractivity contribution >= 4 is 28.4 Å². The van der Waals surface area contributed by atoms with E-state index in [0.29, 0.717) is 85.5 Å². The standard InChI is InChI=1S/C30H36N2O6.C28H30N2O5.C27H27FN2O5/c1-18-6-8-20(9-7-18)23-15-22-27(38-17-29(22,3)31)28(32-23)30(4,35)13-12-24(34)21-10-11-25(26(14-21)36-5)37-16-19(2)33;1-19-7-9-20(10-8-19)27-29-26(22-6-4-5-15-30(22)27)28(2,33)14-13-23(32)21-11-12-24(35-17-16-31)25(18-21)34-3;1-27(33,13-12-22(32)19-8-11-23(35-16-15-31)24(17-19)34-2)26-29-25(18-6-9-20(28)10-7-18)21-5-3-4-14-30(21)26/h6-11,14-15,19,33,35H,12-13,16-17,31H2,1-5H3;4-12,15,18,31,33H,13-14,16-17H2,1-3H3;3-11,14,17,31,33H,12-13,15-16H2,1-2H3. The summed E-state index contributed by atoms with van der Waals surface area (Å²) in [7, 11) is 4.46. The van der Waals surface area contributed by atoms with Crippen LogP contribution < -0.4 is 38.9 Å². The summed E-state index contributed by atoms with van der Waals surface area (Å²) >= 11 is 0. The number of benzene rings is 6. The maximum atomic E-state index is 13.4. The van der Waals surface area contributed by atoms with Crippen molar-refractivity contribution in [3.8, 4) is 74.1 Å². The van der Waals surface area contributed by atoms with Gasteiger partial charge >= 0.3 is 0 Å². The normalized spacial score (nSPS) is 15.0. The van der Waals surface area contributed by atoms with E-state index in [4.69, 9.17) is 64.1 Å². The molecular formula is C85H93FN6O16. The number of hydrogen-bond acceptors (Lipinski definition) is 20. The molecule has 1 aliphatic rings. The predicted molar refractivity (Wildman–Crippen MR) is 408 cm³/mol. The van der Waals surface area contributed by atoms with Crippen LogP contribution in [-0.2, 0) is 22.3 Å².